The highest BCUT2D eigenvalue weighted by Gasteiger charge is 2.05. The van der Waals surface area contributed by atoms with Crippen LogP contribution in [0.25, 0.3) is 0 Å². The van der Waals surface area contributed by atoms with Crippen LogP contribution in [0.3, 0.4) is 0 Å². The first-order chi connectivity index (χ1) is 9.22. The van der Waals surface area contributed by atoms with Gasteiger partial charge in [0.2, 0.25) is 0 Å². The quantitative estimate of drug-likeness (QED) is 0.822. The molecule has 0 aromatic heterocycles. The first-order valence-corrected chi connectivity index (χ1v) is 5.90. The fourth-order valence-electron chi connectivity index (χ4n) is 1.68. The van der Waals surface area contributed by atoms with E-state index in [9.17, 15) is 4.79 Å². The Balaban J connectivity index is 2.13. The lowest BCUT2D eigenvalue weighted by atomic mass is 10.1. The summed E-state index contributed by atoms with van der Waals surface area (Å²) in [5.41, 5.74) is 8.51. The Labute approximate surface area is 112 Å². The number of rotatable bonds is 3. The van der Waals surface area contributed by atoms with Crippen molar-refractivity contribution in [3.63, 3.8) is 0 Å². The maximum Gasteiger partial charge on any atom is 0.255 e. The predicted octanol–water partition coefficient (Wildman–Crippen LogP) is 2.38. The van der Waals surface area contributed by atoms with Gasteiger partial charge in [0.05, 0.1) is 0 Å². The summed E-state index contributed by atoms with van der Waals surface area (Å²) in [6, 6.07) is 14.4. The van der Waals surface area contributed by atoms with Gasteiger partial charge < -0.3 is 11.1 Å². The first kappa shape index (κ1) is 12.9. The monoisotopic (exact) mass is 250 g/mol. The maximum atomic E-state index is 12.0. The van der Waals surface area contributed by atoms with Crippen molar-refractivity contribution in [2.45, 2.75) is 6.54 Å². The molecule has 0 aliphatic carbocycles. The van der Waals surface area contributed by atoms with Crippen molar-refractivity contribution < 1.29 is 4.79 Å². The molecule has 0 heterocycles. The number of amides is 1. The number of anilines is 1. The van der Waals surface area contributed by atoms with Gasteiger partial charge in [-0.2, -0.15) is 0 Å². The van der Waals surface area contributed by atoms with Gasteiger partial charge in [0, 0.05) is 23.4 Å². The van der Waals surface area contributed by atoms with Crippen molar-refractivity contribution >= 4 is 11.6 Å². The summed E-state index contributed by atoms with van der Waals surface area (Å²) >= 11 is 0. The van der Waals surface area contributed by atoms with Gasteiger partial charge in [-0.3, -0.25) is 4.79 Å². The first-order valence-electron chi connectivity index (χ1n) is 5.90. The lowest BCUT2D eigenvalue weighted by Crippen LogP contribution is -2.12. The molecule has 0 saturated carbocycles. The average molecular weight is 250 g/mol. The second kappa shape index (κ2) is 5.85. The maximum absolute atomic E-state index is 12.0. The number of nitrogens with one attached hydrogen (secondary N) is 1. The van der Waals surface area contributed by atoms with E-state index < -0.39 is 0 Å². The van der Waals surface area contributed by atoms with Crippen molar-refractivity contribution in [1.82, 2.24) is 0 Å². The normalized spacial score (nSPS) is 9.68. The molecule has 2 aromatic carbocycles. The van der Waals surface area contributed by atoms with E-state index in [1.54, 1.807) is 24.3 Å². The van der Waals surface area contributed by atoms with Crippen LogP contribution in [-0.2, 0) is 6.54 Å². The van der Waals surface area contributed by atoms with Crippen LogP contribution in [0, 0.1) is 12.3 Å². The fourth-order valence-corrected chi connectivity index (χ4v) is 1.68. The molecule has 0 atom stereocenters. The van der Waals surface area contributed by atoms with Crippen molar-refractivity contribution in [3.8, 4) is 12.3 Å². The summed E-state index contributed by atoms with van der Waals surface area (Å²) in [6.07, 6.45) is 5.32. The van der Waals surface area contributed by atoms with Crippen LogP contribution < -0.4 is 11.1 Å². The molecule has 0 aliphatic rings. The third-order valence-corrected chi connectivity index (χ3v) is 2.74. The molecule has 0 radical (unpaired) electrons. The SMILES string of the molecule is C#Cc1cccc(NC(=O)c2ccc(CN)cc2)c1. The molecule has 0 spiro atoms. The lowest BCUT2D eigenvalue weighted by Gasteiger charge is -2.06. The molecule has 0 fully saturated rings. The molecule has 2 rings (SSSR count). The summed E-state index contributed by atoms with van der Waals surface area (Å²) in [6.45, 7) is 0.464. The molecule has 0 unspecified atom stereocenters. The van der Waals surface area contributed by atoms with Crippen LogP contribution in [-0.4, -0.2) is 5.91 Å². The molecular weight excluding hydrogens is 236 g/mol. The molecule has 94 valence electrons. The number of benzene rings is 2. The zero-order valence-corrected chi connectivity index (χ0v) is 10.4. The minimum absolute atomic E-state index is 0.169. The molecule has 0 saturated heterocycles. The smallest absolute Gasteiger partial charge is 0.255 e. The lowest BCUT2D eigenvalue weighted by molar-refractivity contribution is 0.102. The molecule has 3 heteroatoms. The van der Waals surface area contributed by atoms with Crippen molar-refractivity contribution in [3.05, 3.63) is 65.2 Å². The van der Waals surface area contributed by atoms with E-state index in [0.717, 1.165) is 11.1 Å². The van der Waals surface area contributed by atoms with Gasteiger partial charge in [0.25, 0.3) is 5.91 Å². The van der Waals surface area contributed by atoms with Gasteiger partial charge in [0.15, 0.2) is 0 Å². The standard InChI is InChI=1S/C16H14N2O/c1-2-12-4-3-5-15(10-12)18-16(19)14-8-6-13(11-17)7-9-14/h1,3-10H,11,17H2,(H,18,19). The average Bonchev–Trinajstić information content (AvgIpc) is 2.47. The van der Waals surface area contributed by atoms with E-state index >= 15 is 0 Å². The summed E-state index contributed by atoms with van der Waals surface area (Å²) in [7, 11) is 0. The van der Waals surface area contributed by atoms with E-state index in [4.69, 9.17) is 12.2 Å². The minimum atomic E-state index is -0.169. The third kappa shape index (κ3) is 3.21. The van der Waals surface area contributed by atoms with Gasteiger partial charge in [0.1, 0.15) is 0 Å². The zero-order valence-electron chi connectivity index (χ0n) is 10.4. The Morgan fingerprint density at radius 2 is 1.95 bits per heavy atom. The molecule has 0 aliphatic heterocycles. The van der Waals surface area contributed by atoms with E-state index in [1.807, 2.05) is 24.3 Å². The Bertz CT molecular complexity index is 624. The number of nitrogens with two attached hydrogens (primary N) is 1. The van der Waals surface area contributed by atoms with Crippen LogP contribution in [0.2, 0.25) is 0 Å². The Hall–Kier alpha value is -2.57. The molecule has 1 amide bonds. The van der Waals surface area contributed by atoms with Crippen molar-refractivity contribution in [2.75, 3.05) is 5.32 Å². The second-order valence-electron chi connectivity index (χ2n) is 4.08. The Morgan fingerprint density at radius 1 is 1.21 bits per heavy atom. The highest BCUT2D eigenvalue weighted by Crippen LogP contribution is 2.12. The number of terminal acetylenes is 1. The summed E-state index contributed by atoms with van der Waals surface area (Å²) in [5.74, 6) is 2.36. The molecule has 3 N–H and O–H groups in total. The summed E-state index contributed by atoms with van der Waals surface area (Å²) < 4.78 is 0. The summed E-state index contributed by atoms with van der Waals surface area (Å²) in [4.78, 5) is 12.0. The van der Waals surface area contributed by atoms with E-state index in [0.29, 0.717) is 17.8 Å². The zero-order chi connectivity index (χ0) is 13.7. The van der Waals surface area contributed by atoms with Crippen LogP contribution in [0.15, 0.2) is 48.5 Å². The number of hydrogen-bond acceptors (Lipinski definition) is 2. The second-order valence-corrected chi connectivity index (χ2v) is 4.08. The van der Waals surface area contributed by atoms with Gasteiger partial charge >= 0.3 is 0 Å². The topological polar surface area (TPSA) is 55.1 Å². The van der Waals surface area contributed by atoms with E-state index in [1.165, 1.54) is 0 Å². The van der Waals surface area contributed by atoms with E-state index in [-0.39, 0.29) is 5.91 Å². The van der Waals surface area contributed by atoms with Crippen molar-refractivity contribution in [1.29, 1.82) is 0 Å². The van der Waals surface area contributed by atoms with Crippen LogP contribution >= 0.6 is 0 Å². The summed E-state index contributed by atoms with van der Waals surface area (Å²) in [5, 5.41) is 2.80. The molecule has 3 nitrogen and oxygen atoms in total. The number of hydrogen-bond donors (Lipinski definition) is 2. The Kier molecular flexibility index (Phi) is 3.97. The fraction of sp³-hybridized carbons (Fsp3) is 0.0625. The van der Waals surface area contributed by atoms with Crippen molar-refractivity contribution in [2.24, 2.45) is 5.73 Å². The van der Waals surface area contributed by atoms with Gasteiger partial charge in [-0.25, -0.2) is 0 Å². The van der Waals surface area contributed by atoms with Crippen LogP contribution in [0.4, 0.5) is 5.69 Å². The van der Waals surface area contributed by atoms with Gasteiger partial charge in [-0.05, 0) is 35.9 Å². The van der Waals surface area contributed by atoms with Crippen LogP contribution in [0.5, 0.6) is 0 Å². The predicted molar refractivity (Wildman–Crippen MR) is 76.7 cm³/mol. The molecule has 0 bridgehead atoms. The number of carbonyl (C=O) groups excluding carboxylic acids is 1. The number of carbonyl (C=O) groups is 1. The van der Waals surface area contributed by atoms with E-state index in [2.05, 4.69) is 11.2 Å². The third-order valence-electron chi connectivity index (χ3n) is 2.74. The highest BCUT2D eigenvalue weighted by atomic mass is 16.1. The minimum Gasteiger partial charge on any atom is -0.326 e. The molecule has 19 heavy (non-hydrogen) atoms. The molecular formula is C16H14N2O. The highest BCUT2D eigenvalue weighted by molar-refractivity contribution is 6.04. The van der Waals surface area contributed by atoms with Crippen LogP contribution in [0.1, 0.15) is 21.5 Å². The van der Waals surface area contributed by atoms with Gasteiger partial charge in [-0.15, -0.1) is 6.42 Å². The largest absolute Gasteiger partial charge is 0.326 e. The Morgan fingerprint density at radius 3 is 2.58 bits per heavy atom. The van der Waals surface area contributed by atoms with Gasteiger partial charge in [-0.1, -0.05) is 24.1 Å². The molecule has 2 aromatic rings.